The van der Waals surface area contributed by atoms with Gasteiger partial charge in [0.2, 0.25) is 0 Å². The Kier molecular flexibility index (Phi) is 4.16. The van der Waals surface area contributed by atoms with E-state index in [2.05, 4.69) is 97.9 Å². The molecule has 0 aromatic heterocycles. The monoisotopic (exact) mass is 364 g/mol. The summed E-state index contributed by atoms with van der Waals surface area (Å²) >= 11 is 3.56. The van der Waals surface area contributed by atoms with Crippen LogP contribution in [0.4, 0.5) is 0 Å². The average molecular weight is 365 g/mol. The number of rotatable bonds is 3. The molecule has 1 aliphatic rings. The summed E-state index contributed by atoms with van der Waals surface area (Å²) < 4.78 is 1.11. The highest BCUT2D eigenvalue weighted by atomic mass is 79.9. The smallest absolute Gasteiger partial charge is 0.0181 e. The number of hydrogen-bond donors (Lipinski definition) is 0. The molecule has 3 rings (SSSR count). The lowest BCUT2D eigenvalue weighted by atomic mass is 9.80. The maximum atomic E-state index is 4.03. The second kappa shape index (κ2) is 5.98. The zero-order valence-corrected chi connectivity index (χ0v) is 15.4. The summed E-state index contributed by atoms with van der Waals surface area (Å²) in [4.78, 5) is 0. The van der Waals surface area contributed by atoms with E-state index in [1.807, 2.05) is 6.08 Å². The van der Waals surface area contributed by atoms with Gasteiger partial charge in [0.15, 0.2) is 0 Å². The molecule has 0 unspecified atom stereocenters. The molecule has 1 aliphatic carbocycles. The highest BCUT2D eigenvalue weighted by Gasteiger charge is 2.35. The fourth-order valence-corrected chi connectivity index (χ4v) is 3.85. The number of benzene rings is 2. The van der Waals surface area contributed by atoms with Crippen LogP contribution in [0.15, 0.2) is 77.3 Å². The van der Waals surface area contributed by atoms with Crippen molar-refractivity contribution in [3.05, 3.63) is 88.4 Å². The van der Waals surface area contributed by atoms with Gasteiger partial charge in [0.05, 0.1) is 0 Å². The van der Waals surface area contributed by atoms with Crippen molar-refractivity contribution in [2.24, 2.45) is 0 Å². The number of allylic oxidation sites excluding steroid dienone is 5. The van der Waals surface area contributed by atoms with Gasteiger partial charge in [-0.15, -0.1) is 0 Å². The number of fused-ring (bicyclic) bond motifs is 1. The summed E-state index contributed by atoms with van der Waals surface area (Å²) in [6.07, 6.45) is 6.32. The van der Waals surface area contributed by atoms with Crippen molar-refractivity contribution in [3.63, 3.8) is 0 Å². The van der Waals surface area contributed by atoms with Crippen LogP contribution in [0.1, 0.15) is 31.9 Å². The maximum Gasteiger partial charge on any atom is 0.0181 e. The number of hydrogen-bond acceptors (Lipinski definition) is 0. The van der Waals surface area contributed by atoms with Gasteiger partial charge in [-0.2, -0.15) is 0 Å². The Morgan fingerprint density at radius 3 is 2.43 bits per heavy atom. The largest absolute Gasteiger partial charge is 0.0984 e. The molecule has 2 aromatic rings. The first-order chi connectivity index (χ1) is 11.0. The normalized spacial score (nSPS) is 16.0. The lowest BCUT2D eigenvalue weighted by Gasteiger charge is -2.23. The third-order valence-corrected chi connectivity index (χ3v) is 5.14. The van der Waals surface area contributed by atoms with Gasteiger partial charge in [0, 0.05) is 9.89 Å². The third kappa shape index (κ3) is 2.64. The summed E-state index contributed by atoms with van der Waals surface area (Å²) in [5.74, 6) is 0. The van der Waals surface area contributed by atoms with Gasteiger partial charge in [-0.05, 0) is 58.5 Å². The quantitative estimate of drug-likeness (QED) is 0.554. The Labute approximate surface area is 147 Å². The third-order valence-electron chi connectivity index (χ3n) is 4.64. The minimum atomic E-state index is -0.00656. The second-order valence-corrected chi connectivity index (χ2v) is 7.34. The van der Waals surface area contributed by atoms with Crippen LogP contribution in [0, 0.1) is 0 Å². The predicted octanol–water partition coefficient (Wildman–Crippen LogP) is 6.92. The van der Waals surface area contributed by atoms with Gasteiger partial charge in [-0.3, -0.25) is 0 Å². The molecule has 0 heterocycles. The van der Waals surface area contributed by atoms with Gasteiger partial charge in [-0.1, -0.05) is 78.8 Å². The van der Waals surface area contributed by atoms with Crippen molar-refractivity contribution in [1.82, 2.24) is 0 Å². The van der Waals surface area contributed by atoms with Crippen molar-refractivity contribution >= 4 is 21.5 Å². The molecule has 0 saturated carbocycles. The first-order valence-electron chi connectivity index (χ1n) is 7.89. The number of halogens is 1. The first-order valence-corrected chi connectivity index (χ1v) is 8.69. The summed E-state index contributed by atoms with van der Waals surface area (Å²) in [7, 11) is 0. The molecule has 0 radical (unpaired) electrons. The van der Waals surface area contributed by atoms with E-state index in [9.17, 15) is 0 Å². The minimum absolute atomic E-state index is 0.00656. The average Bonchev–Trinajstić information content (AvgIpc) is 2.75. The van der Waals surface area contributed by atoms with Crippen molar-refractivity contribution in [2.45, 2.75) is 26.2 Å². The minimum Gasteiger partial charge on any atom is -0.0984 e. The van der Waals surface area contributed by atoms with Gasteiger partial charge in [0.25, 0.3) is 0 Å². The molecule has 0 saturated heterocycles. The van der Waals surface area contributed by atoms with E-state index in [4.69, 9.17) is 0 Å². The van der Waals surface area contributed by atoms with E-state index in [1.54, 1.807) is 0 Å². The van der Waals surface area contributed by atoms with Crippen molar-refractivity contribution in [3.8, 4) is 11.1 Å². The molecule has 1 heteroatoms. The molecule has 0 aliphatic heterocycles. The molecule has 0 fully saturated rings. The van der Waals surface area contributed by atoms with E-state index in [-0.39, 0.29) is 5.41 Å². The Morgan fingerprint density at radius 1 is 1.04 bits per heavy atom. The van der Waals surface area contributed by atoms with Crippen LogP contribution in [0.3, 0.4) is 0 Å². The fraction of sp³-hybridized carbons (Fsp3) is 0.182. The molecule has 0 spiro atoms. The zero-order chi connectivity index (χ0) is 16.6. The van der Waals surface area contributed by atoms with Crippen molar-refractivity contribution in [1.29, 1.82) is 0 Å². The van der Waals surface area contributed by atoms with Gasteiger partial charge >= 0.3 is 0 Å². The molecule has 2 aromatic carbocycles. The van der Waals surface area contributed by atoms with Crippen LogP contribution < -0.4 is 0 Å². The Bertz CT molecular complexity index is 835. The van der Waals surface area contributed by atoms with Crippen LogP contribution in [0.5, 0.6) is 0 Å². The second-order valence-electron chi connectivity index (χ2n) is 6.43. The van der Waals surface area contributed by atoms with Gasteiger partial charge in [0.1, 0.15) is 0 Å². The standard InChI is InChI=1S/C22H21Br/c1-5-8-20-18(6-2)19-12-11-16(14-21(19)22(20,3)4)15-9-7-10-17(23)13-15/h5-14H,2H2,1,3-4H3/b8-5-. The molecule has 0 amide bonds. The topological polar surface area (TPSA) is 0 Å². The van der Waals surface area contributed by atoms with Crippen LogP contribution in [-0.4, -0.2) is 0 Å². The Hall–Kier alpha value is -1.86. The molecule has 0 N–H and O–H groups in total. The fourth-order valence-electron chi connectivity index (χ4n) is 3.46. The summed E-state index contributed by atoms with van der Waals surface area (Å²) in [6.45, 7) is 10.7. The lowest BCUT2D eigenvalue weighted by Crippen LogP contribution is -2.16. The molecular formula is C22H21Br. The molecule has 116 valence electrons. The highest BCUT2D eigenvalue weighted by Crippen LogP contribution is 2.48. The van der Waals surface area contributed by atoms with Crippen LogP contribution in [0.25, 0.3) is 16.7 Å². The summed E-state index contributed by atoms with van der Waals surface area (Å²) in [5, 5.41) is 0. The SMILES string of the molecule is C=CC1=C(/C=C\C)C(C)(C)c2cc(-c3cccc(Br)c3)ccc21. The Balaban J connectivity index is 2.18. The predicted molar refractivity (Wildman–Crippen MR) is 105 cm³/mol. The van der Waals surface area contributed by atoms with Gasteiger partial charge < -0.3 is 0 Å². The van der Waals surface area contributed by atoms with E-state index in [0.29, 0.717) is 0 Å². The van der Waals surface area contributed by atoms with Crippen LogP contribution in [0.2, 0.25) is 0 Å². The molecule has 0 bridgehead atoms. The molecule has 23 heavy (non-hydrogen) atoms. The van der Waals surface area contributed by atoms with E-state index >= 15 is 0 Å². The van der Waals surface area contributed by atoms with Crippen LogP contribution in [-0.2, 0) is 5.41 Å². The molecular weight excluding hydrogens is 344 g/mol. The van der Waals surface area contributed by atoms with E-state index in [0.717, 1.165) is 4.47 Å². The van der Waals surface area contributed by atoms with Gasteiger partial charge in [-0.25, -0.2) is 0 Å². The van der Waals surface area contributed by atoms with E-state index < -0.39 is 0 Å². The maximum absolute atomic E-state index is 4.03. The van der Waals surface area contributed by atoms with Crippen LogP contribution >= 0.6 is 15.9 Å². The summed E-state index contributed by atoms with van der Waals surface area (Å²) in [6, 6.07) is 15.2. The van der Waals surface area contributed by atoms with Crippen molar-refractivity contribution < 1.29 is 0 Å². The zero-order valence-electron chi connectivity index (χ0n) is 13.9. The molecule has 0 atom stereocenters. The van der Waals surface area contributed by atoms with Crippen molar-refractivity contribution in [2.75, 3.05) is 0 Å². The highest BCUT2D eigenvalue weighted by molar-refractivity contribution is 9.10. The molecule has 0 nitrogen and oxygen atoms in total. The summed E-state index contributed by atoms with van der Waals surface area (Å²) in [5.41, 5.74) is 7.75. The lowest BCUT2D eigenvalue weighted by molar-refractivity contribution is 0.654. The van der Waals surface area contributed by atoms with E-state index in [1.165, 1.54) is 33.4 Å². The Morgan fingerprint density at radius 2 is 1.78 bits per heavy atom. The first kappa shape index (κ1) is 16.0.